The molecule has 0 saturated carbocycles. The monoisotopic (exact) mass is 406 g/mol. The van der Waals surface area contributed by atoms with E-state index in [0.29, 0.717) is 12.1 Å². The highest BCUT2D eigenvalue weighted by Gasteiger charge is 2.23. The van der Waals surface area contributed by atoms with Crippen molar-refractivity contribution in [2.24, 2.45) is 0 Å². The summed E-state index contributed by atoms with van der Waals surface area (Å²) in [5, 5.41) is 10.9. The van der Waals surface area contributed by atoms with Gasteiger partial charge in [-0.15, -0.1) is 0 Å². The molecule has 0 aromatic heterocycles. The van der Waals surface area contributed by atoms with Gasteiger partial charge in [0, 0.05) is 28.5 Å². The molecule has 0 aliphatic carbocycles. The van der Waals surface area contributed by atoms with Crippen LogP contribution in [0.1, 0.15) is 12.0 Å². The third-order valence-electron chi connectivity index (χ3n) is 4.59. The van der Waals surface area contributed by atoms with Gasteiger partial charge >= 0.3 is 5.97 Å². The predicted octanol–water partition coefficient (Wildman–Crippen LogP) is 5.33. The van der Waals surface area contributed by atoms with E-state index in [1.54, 1.807) is 23.9 Å². The maximum absolute atomic E-state index is 12.3. The average molecular weight is 406 g/mol. The molecule has 3 aromatic carbocycles. The molecule has 0 bridgehead atoms. The van der Waals surface area contributed by atoms with Gasteiger partial charge in [-0.25, -0.2) is 0 Å². The van der Waals surface area contributed by atoms with Crippen LogP contribution in [0.15, 0.2) is 82.6 Å². The van der Waals surface area contributed by atoms with Crippen molar-refractivity contribution in [3.8, 4) is 0 Å². The molecule has 4 rings (SSSR count). The number of hydrogen-bond acceptors (Lipinski definition) is 6. The van der Waals surface area contributed by atoms with E-state index in [0.717, 1.165) is 21.2 Å². The summed E-state index contributed by atoms with van der Waals surface area (Å²) in [6, 6.07) is 22.3. The number of fused-ring (bicyclic) bond motifs is 2. The Labute approximate surface area is 172 Å². The molecule has 1 aliphatic heterocycles. The zero-order valence-electron chi connectivity index (χ0n) is 15.5. The Balaban J connectivity index is 1.42. The fraction of sp³-hybridized carbons (Fsp3) is 0.136. The highest BCUT2D eigenvalue weighted by molar-refractivity contribution is 7.99. The Morgan fingerprint density at radius 1 is 0.966 bits per heavy atom. The minimum atomic E-state index is -0.464. The fourth-order valence-electron chi connectivity index (χ4n) is 3.22. The Morgan fingerprint density at radius 3 is 2.28 bits per heavy atom. The summed E-state index contributed by atoms with van der Waals surface area (Å²) in [7, 11) is 0. The molecule has 0 unspecified atom stereocenters. The molecule has 3 aromatic rings. The topological polar surface area (TPSA) is 72.7 Å². The smallest absolute Gasteiger partial charge is 0.307 e. The van der Waals surface area contributed by atoms with Crippen LogP contribution in [-0.4, -0.2) is 17.4 Å². The van der Waals surface area contributed by atoms with Crippen molar-refractivity contribution in [1.29, 1.82) is 0 Å². The van der Waals surface area contributed by atoms with E-state index in [1.807, 2.05) is 36.4 Å². The van der Waals surface area contributed by atoms with Gasteiger partial charge in [-0.3, -0.25) is 14.9 Å². The van der Waals surface area contributed by atoms with Gasteiger partial charge < -0.3 is 9.64 Å². The largest absolute Gasteiger partial charge is 0.461 e. The number of esters is 1. The Hall–Kier alpha value is -3.32. The predicted molar refractivity (Wildman–Crippen MR) is 112 cm³/mol. The number of non-ortho nitro benzene ring substituents is 1. The molecule has 0 saturated heterocycles. The zero-order chi connectivity index (χ0) is 20.2. The standard InChI is InChI=1S/C22H18N2O4S/c25-22(28-15-16-6-5-7-17(14-16)24(26)27)12-13-23-18-8-1-3-10-20(18)29-21-11-4-2-9-19(21)23/h1-11,14H,12-13,15H2. The maximum atomic E-state index is 12.3. The van der Waals surface area contributed by atoms with Crippen LogP contribution in [0.2, 0.25) is 0 Å². The molecule has 146 valence electrons. The fourth-order valence-corrected chi connectivity index (χ4v) is 4.32. The van der Waals surface area contributed by atoms with E-state index >= 15 is 0 Å². The molecular weight excluding hydrogens is 388 g/mol. The summed E-state index contributed by atoms with van der Waals surface area (Å²) >= 11 is 1.72. The van der Waals surface area contributed by atoms with Gasteiger partial charge in [-0.2, -0.15) is 0 Å². The number of anilines is 2. The highest BCUT2D eigenvalue weighted by atomic mass is 32.2. The summed E-state index contributed by atoms with van der Waals surface area (Å²) < 4.78 is 5.34. The molecule has 0 spiro atoms. The van der Waals surface area contributed by atoms with Crippen LogP contribution < -0.4 is 4.90 Å². The van der Waals surface area contributed by atoms with Crippen LogP contribution in [0.5, 0.6) is 0 Å². The van der Waals surface area contributed by atoms with Crippen molar-refractivity contribution in [3.05, 3.63) is 88.5 Å². The first-order chi connectivity index (χ1) is 14.1. The molecule has 0 N–H and O–H groups in total. The highest BCUT2D eigenvalue weighted by Crippen LogP contribution is 2.47. The number of benzene rings is 3. The number of nitrogens with zero attached hydrogens (tertiary/aromatic N) is 2. The first kappa shape index (κ1) is 19.0. The van der Waals surface area contributed by atoms with Gasteiger partial charge in [0.1, 0.15) is 6.61 Å². The van der Waals surface area contributed by atoms with Crippen molar-refractivity contribution in [2.45, 2.75) is 22.8 Å². The Kier molecular flexibility index (Phi) is 5.48. The second-order valence-electron chi connectivity index (χ2n) is 6.53. The summed E-state index contributed by atoms with van der Waals surface area (Å²) in [5.74, 6) is -0.343. The molecule has 1 heterocycles. The van der Waals surface area contributed by atoms with Gasteiger partial charge in [0.15, 0.2) is 0 Å². The van der Waals surface area contributed by atoms with Crippen LogP contribution in [0, 0.1) is 10.1 Å². The summed E-state index contributed by atoms with van der Waals surface area (Å²) in [5.41, 5.74) is 2.72. The lowest BCUT2D eigenvalue weighted by Crippen LogP contribution is -2.24. The lowest BCUT2D eigenvalue weighted by molar-refractivity contribution is -0.384. The molecule has 0 radical (unpaired) electrons. The number of carbonyl (C=O) groups is 1. The van der Waals surface area contributed by atoms with Crippen LogP contribution >= 0.6 is 11.8 Å². The van der Waals surface area contributed by atoms with E-state index in [2.05, 4.69) is 17.0 Å². The van der Waals surface area contributed by atoms with Gasteiger partial charge in [0.05, 0.1) is 22.7 Å². The number of carbonyl (C=O) groups excluding carboxylic acids is 1. The van der Waals surface area contributed by atoms with Gasteiger partial charge in [0.25, 0.3) is 5.69 Å². The average Bonchev–Trinajstić information content (AvgIpc) is 2.75. The number of ether oxygens (including phenoxy) is 1. The molecular formula is C22H18N2O4S. The Morgan fingerprint density at radius 2 is 1.62 bits per heavy atom. The third kappa shape index (κ3) is 4.25. The SMILES string of the molecule is O=C(CCN1c2ccccc2Sc2ccccc21)OCc1cccc([N+](=O)[O-])c1. The third-order valence-corrected chi connectivity index (χ3v) is 5.72. The molecule has 0 fully saturated rings. The van der Waals surface area contributed by atoms with Crippen LogP contribution in [-0.2, 0) is 16.1 Å². The first-order valence-electron chi connectivity index (χ1n) is 9.14. The number of nitro groups is 1. The lowest BCUT2D eigenvalue weighted by Gasteiger charge is -2.32. The van der Waals surface area contributed by atoms with Crippen molar-refractivity contribution in [3.63, 3.8) is 0 Å². The minimum absolute atomic E-state index is 0.0161. The van der Waals surface area contributed by atoms with Crippen LogP contribution in [0.3, 0.4) is 0 Å². The normalized spacial score (nSPS) is 12.1. The van der Waals surface area contributed by atoms with E-state index in [9.17, 15) is 14.9 Å². The summed E-state index contributed by atoms with van der Waals surface area (Å²) in [6.07, 6.45) is 0.211. The van der Waals surface area contributed by atoms with Crippen LogP contribution in [0.25, 0.3) is 0 Å². The summed E-state index contributed by atoms with van der Waals surface area (Å²) in [6.45, 7) is 0.506. The van der Waals surface area contributed by atoms with E-state index in [4.69, 9.17) is 4.74 Å². The van der Waals surface area contributed by atoms with Crippen molar-refractivity contribution >= 4 is 34.8 Å². The van der Waals surface area contributed by atoms with E-state index in [1.165, 1.54) is 12.1 Å². The molecule has 29 heavy (non-hydrogen) atoms. The number of rotatable bonds is 6. The number of nitro benzene ring substituents is 1. The first-order valence-corrected chi connectivity index (χ1v) is 9.96. The van der Waals surface area contributed by atoms with Gasteiger partial charge in [0.2, 0.25) is 0 Å². The van der Waals surface area contributed by atoms with E-state index in [-0.39, 0.29) is 24.7 Å². The molecule has 0 atom stereocenters. The van der Waals surface area contributed by atoms with Crippen molar-refractivity contribution < 1.29 is 14.5 Å². The lowest BCUT2D eigenvalue weighted by atomic mass is 10.2. The quantitative estimate of drug-likeness (QED) is 0.313. The number of hydrogen-bond donors (Lipinski definition) is 0. The molecule has 7 heteroatoms. The number of para-hydroxylation sites is 2. The molecule has 6 nitrogen and oxygen atoms in total. The van der Waals surface area contributed by atoms with E-state index < -0.39 is 4.92 Å². The van der Waals surface area contributed by atoms with Crippen molar-refractivity contribution in [2.75, 3.05) is 11.4 Å². The minimum Gasteiger partial charge on any atom is -0.461 e. The second kappa shape index (κ2) is 8.36. The van der Waals surface area contributed by atoms with Gasteiger partial charge in [-0.05, 0) is 29.8 Å². The maximum Gasteiger partial charge on any atom is 0.307 e. The van der Waals surface area contributed by atoms with Gasteiger partial charge in [-0.1, -0.05) is 48.2 Å². The van der Waals surface area contributed by atoms with Crippen molar-refractivity contribution in [1.82, 2.24) is 0 Å². The van der Waals surface area contributed by atoms with Crippen LogP contribution in [0.4, 0.5) is 17.1 Å². The zero-order valence-corrected chi connectivity index (χ0v) is 16.3. The Bertz CT molecular complexity index is 1020. The molecule has 1 aliphatic rings. The summed E-state index contributed by atoms with van der Waals surface area (Å²) in [4.78, 5) is 27.1. The second-order valence-corrected chi connectivity index (χ2v) is 7.61. The molecule has 0 amide bonds.